The van der Waals surface area contributed by atoms with Gasteiger partial charge in [0.15, 0.2) is 12.7 Å². The average Bonchev–Trinajstić information content (AvgIpc) is 2.86. The van der Waals surface area contributed by atoms with Crippen LogP contribution >= 0.6 is 18.9 Å². The molecule has 32 heavy (non-hydrogen) atoms. The minimum Gasteiger partial charge on any atom is -0.291 e. The minimum atomic E-state index is -2.45. The number of halogens is 1. The Labute approximate surface area is 194 Å². The zero-order chi connectivity index (χ0) is 22.4. The number of hydrogen-bond donors (Lipinski definition) is 1. The summed E-state index contributed by atoms with van der Waals surface area (Å²) in [5.41, 5.74) is 3.94. The minimum absolute atomic E-state index is 0.177. The Hall–Kier alpha value is -3.19. The Morgan fingerprint density at radius 3 is 1.47 bits per heavy atom. The number of benzene rings is 4. The molecule has 0 radical (unpaired) electrons. The highest BCUT2D eigenvalue weighted by atomic mass is 35.5. The smallest absolute Gasteiger partial charge is 0.258 e. The van der Waals surface area contributed by atoms with Crippen molar-refractivity contribution in [1.29, 1.82) is 0 Å². The third kappa shape index (κ3) is 4.25. The van der Waals surface area contributed by atoms with E-state index < -0.39 is 7.26 Å². The van der Waals surface area contributed by atoms with Crippen LogP contribution in [0.25, 0.3) is 0 Å². The van der Waals surface area contributed by atoms with E-state index in [9.17, 15) is 4.79 Å². The van der Waals surface area contributed by atoms with E-state index in [-0.39, 0.29) is 5.91 Å². The maximum absolute atomic E-state index is 13.3. The number of hydrogen-bond acceptors (Lipinski definition) is 1. The fourth-order valence-electron chi connectivity index (χ4n) is 3.90. The number of amides is 1. The van der Waals surface area contributed by atoms with E-state index in [2.05, 4.69) is 41.7 Å². The Bertz CT molecular complexity index is 1110. The molecule has 0 unspecified atom stereocenters. The second kappa shape index (κ2) is 9.96. The monoisotopic (exact) mass is 456 g/mol. The molecule has 0 bridgehead atoms. The van der Waals surface area contributed by atoms with Crippen LogP contribution in [0, 0.1) is 6.92 Å². The van der Waals surface area contributed by atoms with Gasteiger partial charge in [0.1, 0.15) is 15.9 Å². The van der Waals surface area contributed by atoms with E-state index in [0.29, 0.717) is 11.0 Å². The zero-order valence-electron chi connectivity index (χ0n) is 17.8. The summed E-state index contributed by atoms with van der Waals surface area (Å²) in [6.45, 7) is 2.00. The molecule has 2 nitrogen and oxygen atoms in total. The van der Waals surface area contributed by atoms with Gasteiger partial charge in [0.25, 0.3) is 5.91 Å². The summed E-state index contributed by atoms with van der Waals surface area (Å²) in [5, 5.41) is 6.54. The Morgan fingerprint density at radius 2 is 1.09 bits per heavy atom. The standard InChI is InChI=1S/C28H23ClNOP/c1-22-17-19-23(20-18-22)28(31)30-27(21-29)32(24-11-5-2-6-12-24,25-13-7-3-8-14-25)26-15-9-4-10-16-26/h2-21H,1H3/p+1/b27-21+. The van der Waals surface area contributed by atoms with Crippen LogP contribution in [0.1, 0.15) is 15.9 Å². The van der Waals surface area contributed by atoms with Crippen LogP contribution in [0.15, 0.2) is 126 Å². The predicted molar refractivity (Wildman–Crippen MR) is 138 cm³/mol. The highest BCUT2D eigenvalue weighted by Gasteiger charge is 2.50. The molecule has 0 aliphatic carbocycles. The van der Waals surface area contributed by atoms with Gasteiger partial charge in [-0.15, -0.1) is 0 Å². The molecule has 4 aromatic rings. The molecule has 0 saturated carbocycles. The molecule has 4 aromatic carbocycles. The molecule has 0 fully saturated rings. The molecule has 0 aromatic heterocycles. The van der Waals surface area contributed by atoms with Crippen molar-refractivity contribution in [1.82, 2.24) is 5.32 Å². The van der Waals surface area contributed by atoms with Crippen molar-refractivity contribution in [2.75, 3.05) is 0 Å². The molecule has 4 heteroatoms. The van der Waals surface area contributed by atoms with Crippen LogP contribution in [-0.2, 0) is 0 Å². The number of rotatable bonds is 6. The molecule has 1 amide bonds. The third-order valence-electron chi connectivity index (χ3n) is 5.45. The van der Waals surface area contributed by atoms with Crippen molar-refractivity contribution in [3.63, 3.8) is 0 Å². The van der Waals surface area contributed by atoms with Gasteiger partial charge >= 0.3 is 0 Å². The van der Waals surface area contributed by atoms with Gasteiger partial charge in [-0.2, -0.15) is 0 Å². The first kappa shape index (κ1) is 22.0. The van der Waals surface area contributed by atoms with Crippen molar-refractivity contribution >= 4 is 40.7 Å². The molecule has 0 aliphatic rings. The third-order valence-corrected chi connectivity index (χ3v) is 10.0. The fourth-order valence-corrected chi connectivity index (χ4v) is 8.39. The quantitative estimate of drug-likeness (QED) is 0.367. The van der Waals surface area contributed by atoms with Crippen molar-refractivity contribution in [2.24, 2.45) is 0 Å². The van der Waals surface area contributed by atoms with Crippen LogP contribution in [0.2, 0.25) is 0 Å². The number of carbonyl (C=O) groups excluding carboxylic acids is 1. The van der Waals surface area contributed by atoms with Crippen molar-refractivity contribution in [2.45, 2.75) is 6.92 Å². The molecular weight excluding hydrogens is 433 g/mol. The van der Waals surface area contributed by atoms with Crippen molar-refractivity contribution in [3.05, 3.63) is 137 Å². The molecule has 0 heterocycles. The summed E-state index contributed by atoms with van der Waals surface area (Å²) in [6.07, 6.45) is 0. The lowest BCUT2D eigenvalue weighted by Crippen LogP contribution is -2.38. The summed E-state index contributed by atoms with van der Waals surface area (Å²) < 4.78 is 0. The first-order valence-corrected chi connectivity index (χ1v) is 12.6. The van der Waals surface area contributed by atoms with Crippen molar-refractivity contribution in [3.8, 4) is 0 Å². The normalized spacial score (nSPS) is 11.8. The van der Waals surface area contributed by atoms with Gasteiger partial charge in [-0.25, -0.2) is 0 Å². The van der Waals surface area contributed by atoms with E-state index in [4.69, 9.17) is 11.6 Å². The molecule has 4 rings (SSSR count). The molecule has 0 spiro atoms. The Morgan fingerprint density at radius 1 is 0.688 bits per heavy atom. The van der Waals surface area contributed by atoms with E-state index in [1.54, 1.807) is 0 Å². The Kier molecular flexibility index (Phi) is 6.85. The molecule has 0 aliphatic heterocycles. The second-order valence-electron chi connectivity index (χ2n) is 7.49. The molecular formula is C28H24ClNOP+. The van der Waals surface area contributed by atoms with Gasteiger partial charge in [0, 0.05) is 5.56 Å². The number of carbonyl (C=O) groups is 1. The van der Waals surface area contributed by atoms with Gasteiger partial charge in [0.05, 0.1) is 5.54 Å². The fraction of sp³-hybridized carbons (Fsp3) is 0.0357. The largest absolute Gasteiger partial charge is 0.291 e. The van der Waals surface area contributed by atoms with E-state index in [1.165, 1.54) is 5.54 Å². The lowest BCUT2D eigenvalue weighted by Gasteiger charge is -2.29. The van der Waals surface area contributed by atoms with Crippen LogP contribution in [0.3, 0.4) is 0 Å². The summed E-state index contributed by atoms with van der Waals surface area (Å²) in [6, 6.07) is 38.5. The number of aryl methyl sites for hydroxylation is 1. The Balaban J connectivity index is 1.93. The number of nitrogens with one attached hydrogen (secondary N) is 1. The van der Waals surface area contributed by atoms with E-state index in [1.807, 2.05) is 85.8 Å². The molecule has 158 valence electrons. The van der Waals surface area contributed by atoms with Crippen LogP contribution in [0.5, 0.6) is 0 Å². The SMILES string of the molecule is Cc1ccc(C(=O)N/C(=C\Cl)[P+](c2ccccc2)(c2ccccc2)c2ccccc2)cc1. The summed E-state index contributed by atoms with van der Waals surface area (Å²) in [5.74, 6) is -0.177. The highest BCUT2D eigenvalue weighted by Crippen LogP contribution is 2.61. The predicted octanol–water partition coefficient (Wildman–Crippen LogP) is 5.76. The van der Waals surface area contributed by atoms with Crippen LogP contribution in [0.4, 0.5) is 0 Å². The van der Waals surface area contributed by atoms with Crippen molar-refractivity contribution < 1.29 is 4.79 Å². The average molecular weight is 457 g/mol. The lowest BCUT2D eigenvalue weighted by atomic mass is 10.1. The zero-order valence-corrected chi connectivity index (χ0v) is 19.4. The van der Waals surface area contributed by atoms with Gasteiger partial charge in [-0.05, 0) is 55.5 Å². The molecule has 1 N–H and O–H groups in total. The van der Waals surface area contributed by atoms with Crippen LogP contribution < -0.4 is 21.2 Å². The van der Waals surface area contributed by atoms with E-state index >= 15 is 0 Å². The highest BCUT2D eigenvalue weighted by molar-refractivity contribution is 7.99. The second-order valence-corrected chi connectivity index (χ2v) is 11.1. The maximum Gasteiger partial charge on any atom is 0.258 e. The van der Waals surface area contributed by atoms with Gasteiger partial charge < -0.3 is 0 Å². The lowest BCUT2D eigenvalue weighted by molar-refractivity contribution is 0.0968. The molecule has 0 atom stereocenters. The first-order valence-electron chi connectivity index (χ1n) is 10.4. The topological polar surface area (TPSA) is 29.1 Å². The summed E-state index contributed by atoms with van der Waals surface area (Å²) in [4.78, 5) is 13.3. The maximum atomic E-state index is 13.3. The van der Waals surface area contributed by atoms with E-state index in [0.717, 1.165) is 21.5 Å². The first-order chi connectivity index (χ1) is 15.7. The van der Waals surface area contributed by atoms with Gasteiger partial charge in [0.2, 0.25) is 0 Å². The summed E-state index contributed by atoms with van der Waals surface area (Å²) >= 11 is 6.51. The van der Waals surface area contributed by atoms with Gasteiger partial charge in [-0.3, -0.25) is 10.1 Å². The van der Waals surface area contributed by atoms with Crippen LogP contribution in [-0.4, -0.2) is 5.91 Å². The summed E-state index contributed by atoms with van der Waals surface area (Å²) in [7, 11) is -2.45. The molecule has 0 saturated heterocycles. The van der Waals surface area contributed by atoms with Gasteiger partial charge in [-0.1, -0.05) is 83.9 Å².